The van der Waals surface area contributed by atoms with Gasteiger partial charge in [-0.05, 0) is 30.3 Å². The Morgan fingerprint density at radius 2 is 1.72 bits per heavy atom. The van der Waals surface area contributed by atoms with Crippen LogP contribution >= 0.6 is 0 Å². The van der Waals surface area contributed by atoms with Gasteiger partial charge in [-0.15, -0.1) is 0 Å². The number of benzene rings is 1. The number of piperazine rings is 1. The standard InChI is InChI=1S/C21H25N3O5/c1-27-20-13-16(3-4-19(20)29-15-21(26)28-2)18(25)14-23-9-11-24(12-10-23)17-5-7-22-8-6-17/h3-8,13H,9-12,14-15H2,1-2H3. The highest BCUT2D eigenvalue weighted by molar-refractivity contribution is 5.98. The Balaban J connectivity index is 1.56. The summed E-state index contributed by atoms with van der Waals surface area (Å²) < 4.78 is 15.2. The number of ketones is 1. The summed E-state index contributed by atoms with van der Waals surface area (Å²) in [5.41, 5.74) is 1.70. The number of carbonyl (C=O) groups is 2. The number of Topliss-reactive ketones (excluding diaryl/α,β-unsaturated/α-hetero) is 1. The monoisotopic (exact) mass is 399 g/mol. The third-order valence-electron chi connectivity index (χ3n) is 4.83. The van der Waals surface area contributed by atoms with Gasteiger partial charge in [-0.25, -0.2) is 4.79 Å². The first-order valence-electron chi connectivity index (χ1n) is 9.39. The summed E-state index contributed by atoms with van der Waals surface area (Å²) >= 11 is 0. The molecule has 0 radical (unpaired) electrons. The maximum atomic E-state index is 12.7. The molecule has 1 fully saturated rings. The molecule has 0 bridgehead atoms. The highest BCUT2D eigenvalue weighted by atomic mass is 16.6. The van der Waals surface area contributed by atoms with E-state index in [1.54, 1.807) is 30.6 Å². The van der Waals surface area contributed by atoms with Gasteiger partial charge in [0.15, 0.2) is 23.9 Å². The van der Waals surface area contributed by atoms with E-state index in [-0.39, 0.29) is 12.4 Å². The third-order valence-corrected chi connectivity index (χ3v) is 4.83. The average Bonchev–Trinajstić information content (AvgIpc) is 2.78. The van der Waals surface area contributed by atoms with E-state index in [0.29, 0.717) is 23.6 Å². The van der Waals surface area contributed by atoms with Crippen LogP contribution in [0.25, 0.3) is 0 Å². The topological polar surface area (TPSA) is 81.2 Å². The Bertz CT molecular complexity index is 835. The normalized spacial score (nSPS) is 14.3. The number of ether oxygens (including phenoxy) is 3. The Morgan fingerprint density at radius 1 is 1.00 bits per heavy atom. The largest absolute Gasteiger partial charge is 0.493 e. The van der Waals surface area contributed by atoms with E-state index in [4.69, 9.17) is 9.47 Å². The van der Waals surface area contributed by atoms with Crippen LogP contribution in [0.15, 0.2) is 42.7 Å². The predicted molar refractivity (Wildman–Crippen MR) is 108 cm³/mol. The van der Waals surface area contributed by atoms with Crippen LogP contribution in [0.2, 0.25) is 0 Å². The van der Waals surface area contributed by atoms with E-state index in [1.807, 2.05) is 12.1 Å². The number of nitrogens with zero attached hydrogens (tertiary/aromatic N) is 3. The van der Waals surface area contributed by atoms with Crippen LogP contribution in [0.4, 0.5) is 5.69 Å². The average molecular weight is 399 g/mol. The Morgan fingerprint density at radius 3 is 2.38 bits per heavy atom. The second-order valence-electron chi connectivity index (χ2n) is 6.62. The molecule has 0 spiro atoms. The lowest BCUT2D eigenvalue weighted by molar-refractivity contribution is -0.142. The van der Waals surface area contributed by atoms with Crippen LogP contribution in [-0.4, -0.2) is 75.2 Å². The maximum Gasteiger partial charge on any atom is 0.343 e. The number of hydrogen-bond donors (Lipinski definition) is 0. The molecule has 0 unspecified atom stereocenters. The molecule has 0 aliphatic carbocycles. The molecule has 8 nitrogen and oxygen atoms in total. The van der Waals surface area contributed by atoms with Crippen molar-refractivity contribution in [3.05, 3.63) is 48.3 Å². The fourth-order valence-corrected chi connectivity index (χ4v) is 3.17. The molecule has 8 heteroatoms. The summed E-state index contributed by atoms with van der Waals surface area (Å²) in [4.78, 5) is 32.4. The van der Waals surface area contributed by atoms with Gasteiger partial charge in [-0.1, -0.05) is 0 Å². The zero-order valence-corrected chi connectivity index (χ0v) is 16.7. The lowest BCUT2D eigenvalue weighted by atomic mass is 10.1. The molecule has 3 rings (SSSR count). The SMILES string of the molecule is COC(=O)COc1ccc(C(=O)CN2CCN(c3ccncc3)CC2)cc1OC. The van der Waals surface area contributed by atoms with Gasteiger partial charge in [0.2, 0.25) is 0 Å². The van der Waals surface area contributed by atoms with Crippen LogP contribution in [-0.2, 0) is 9.53 Å². The molecule has 0 amide bonds. The van der Waals surface area contributed by atoms with Gasteiger partial charge in [0.05, 0.1) is 20.8 Å². The molecule has 0 atom stereocenters. The lowest BCUT2D eigenvalue weighted by Gasteiger charge is -2.35. The smallest absolute Gasteiger partial charge is 0.343 e. The number of anilines is 1. The molecule has 29 heavy (non-hydrogen) atoms. The van der Waals surface area contributed by atoms with Crippen molar-refractivity contribution in [2.45, 2.75) is 0 Å². The summed E-state index contributed by atoms with van der Waals surface area (Å²) in [6.45, 7) is 3.47. The summed E-state index contributed by atoms with van der Waals surface area (Å²) in [5.74, 6) is 0.320. The quantitative estimate of drug-likeness (QED) is 0.490. The second kappa shape index (κ2) is 9.88. The number of esters is 1. The first-order valence-corrected chi connectivity index (χ1v) is 9.39. The van der Waals surface area contributed by atoms with Crippen molar-refractivity contribution >= 4 is 17.4 Å². The second-order valence-corrected chi connectivity index (χ2v) is 6.62. The van der Waals surface area contributed by atoms with Gasteiger partial charge in [0.1, 0.15) is 0 Å². The number of aromatic nitrogens is 1. The Hall–Kier alpha value is -3.13. The van der Waals surface area contributed by atoms with Crippen molar-refractivity contribution in [1.82, 2.24) is 9.88 Å². The first-order chi connectivity index (χ1) is 14.1. The molecule has 2 heterocycles. The van der Waals surface area contributed by atoms with E-state index < -0.39 is 5.97 Å². The van der Waals surface area contributed by atoms with Gasteiger partial charge >= 0.3 is 5.97 Å². The van der Waals surface area contributed by atoms with Gasteiger partial charge in [0, 0.05) is 49.8 Å². The minimum Gasteiger partial charge on any atom is -0.493 e. The molecule has 0 saturated carbocycles. The minimum atomic E-state index is -0.488. The van der Waals surface area contributed by atoms with Crippen molar-refractivity contribution in [3.8, 4) is 11.5 Å². The van der Waals surface area contributed by atoms with E-state index in [2.05, 4.69) is 19.5 Å². The summed E-state index contributed by atoms with van der Waals surface area (Å²) in [7, 11) is 2.79. The fourth-order valence-electron chi connectivity index (χ4n) is 3.17. The first kappa shape index (κ1) is 20.6. The number of rotatable bonds is 8. The van der Waals surface area contributed by atoms with Crippen LogP contribution in [0.3, 0.4) is 0 Å². The van der Waals surface area contributed by atoms with E-state index in [1.165, 1.54) is 14.2 Å². The van der Waals surface area contributed by atoms with Crippen LogP contribution in [0, 0.1) is 0 Å². The van der Waals surface area contributed by atoms with Crippen molar-refractivity contribution in [2.24, 2.45) is 0 Å². The van der Waals surface area contributed by atoms with E-state index in [9.17, 15) is 9.59 Å². The predicted octanol–water partition coefficient (Wildman–Crippen LogP) is 1.65. The Labute approximate surface area is 170 Å². The van der Waals surface area contributed by atoms with Crippen molar-refractivity contribution < 1.29 is 23.8 Å². The molecule has 2 aromatic rings. The molecule has 1 aromatic heterocycles. The van der Waals surface area contributed by atoms with Crippen molar-refractivity contribution in [3.63, 3.8) is 0 Å². The number of hydrogen-bond acceptors (Lipinski definition) is 8. The summed E-state index contributed by atoms with van der Waals surface area (Å²) in [5, 5.41) is 0. The van der Waals surface area contributed by atoms with Crippen LogP contribution < -0.4 is 14.4 Å². The van der Waals surface area contributed by atoms with Crippen LogP contribution in [0.5, 0.6) is 11.5 Å². The highest BCUT2D eigenvalue weighted by Crippen LogP contribution is 2.28. The van der Waals surface area contributed by atoms with Crippen molar-refractivity contribution in [2.75, 3.05) is 58.5 Å². The molecule has 1 aliphatic heterocycles. The zero-order chi connectivity index (χ0) is 20.6. The number of pyridine rings is 1. The molecule has 154 valence electrons. The fraction of sp³-hybridized carbons (Fsp3) is 0.381. The van der Waals surface area contributed by atoms with Gasteiger partial charge < -0.3 is 19.1 Å². The minimum absolute atomic E-state index is 0.0141. The lowest BCUT2D eigenvalue weighted by Crippen LogP contribution is -2.48. The molecule has 1 aliphatic rings. The molecule has 1 saturated heterocycles. The molecular weight excluding hydrogens is 374 g/mol. The van der Waals surface area contributed by atoms with Crippen molar-refractivity contribution in [1.29, 1.82) is 0 Å². The van der Waals surface area contributed by atoms with Gasteiger partial charge in [-0.3, -0.25) is 14.7 Å². The van der Waals surface area contributed by atoms with E-state index >= 15 is 0 Å². The van der Waals surface area contributed by atoms with Gasteiger partial charge in [-0.2, -0.15) is 0 Å². The zero-order valence-electron chi connectivity index (χ0n) is 16.7. The molecular formula is C21H25N3O5. The number of methoxy groups -OCH3 is 2. The van der Waals surface area contributed by atoms with Crippen LogP contribution in [0.1, 0.15) is 10.4 Å². The highest BCUT2D eigenvalue weighted by Gasteiger charge is 2.20. The third kappa shape index (κ3) is 5.45. The molecule has 1 aromatic carbocycles. The van der Waals surface area contributed by atoms with E-state index in [0.717, 1.165) is 31.9 Å². The molecule has 0 N–H and O–H groups in total. The summed E-state index contributed by atoms with van der Waals surface area (Å²) in [6.07, 6.45) is 3.58. The Kier molecular flexibility index (Phi) is 7.02. The number of carbonyl (C=O) groups excluding carboxylic acids is 2. The maximum absolute atomic E-state index is 12.7. The summed E-state index contributed by atoms with van der Waals surface area (Å²) in [6, 6.07) is 8.96. The van der Waals surface area contributed by atoms with Gasteiger partial charge in [0.25, 0.3) is 0 Å².